The van der Waals surface area contributed by atoms with Gasteiger partial charge in [-0.05, 0) is 22.9 Å². The van der Waals surface area contributed by atoms with Crippen LogP contribution in [0, 0.1) is 0 Å². The van der Waals surface area contributed by atoms with Crippen molar-refractivity contribution in [3.8, 4) is 0 Å². The Hall–Kier alpha value is -1.91. The van der Waals surface area contributed by atoms with E-state index in [4.69, 9.17) is 4.74 Å². The first-order valence-corrected chi connectivity index (χ1v) is 6.81. The number of nitrogens with one attached hydrogen (secondary N) is 2. The second-order valence-corrected chi connectivity index (χ2v) is 5.07. The topological polar surface area (TPSA) is 50.4 Å². The maximum Gasteiger partial charge on any atom is 0.251 e. The number of amides is 1. The van der Waals surface area contributed by atoms with Gasteiger partial charge in [0.25, 0.3) is 5.91 Å². The van der Waals surface area contributed by atoms with E-state index in [0.717, 1.165) is 23.9 Å². The van der Waals surface area contributed by atoms with Crippen LogP contribution in [-0.2, 0) is 4.74 Å². The van der Waals surface area contributed by atoms with Crippen LogP contribution in [0.25, 0.3) is 10.8 Å². The molecule has 2 aromatic carbocycles. The van der Waals surface area contributed by atoms with Crippen LogP contribution in [-0.4, -0.2) is 38.3 Å². The van der Waals surface area contributed by atoms with Gasteiger partial charge in [0.15, 0.2) is 0 Å². The smallest absolute Gasteiger partial charge is 0.251 e. The molecule has 1 saturated heterocycles. The van der Waals surface area contributed by atoms with Crippen molar-refractivity contribution < 1.29 is 9.53 Å². The molecule has 2 aromatic rings. The van der Waals surface area contributed by atoms with Crippen molar-refractivity contribution >= 4 is 16.7 Å². The molecule has 0 spiro atoms. The van der Waals surface area contributed by atoms with E-state index in [9.17, 15) is 4.79 Å². The first kappa shape index (κ1) is 13.1. The van der Waals surface area contributed by atoms with Gasteiger partial charge in [-0.3, -0.25) is 4.79 Å². The molecule has 0 bridgehead atoms. The molecular weight excluding hydrogens is 252 g/mol. The molecule has 1 unspecified atom stereocenters. The lowest BCUT2D eigenvalue weighted by molar-refractivity contribution is 0.0780. The highest BCUT2D eigenvalue weighted by Crippen LogP contribution is 2.16. The fourth-order valence-corrected chi connectivity index (χ4v) is 2.63. The van der Waals surface area contributed by atoms with Crippen molar-refractivity contribution in [1.29, 1.82) is 0 Å². The zero-order valence-electron chi connectivity index (χ0n) is 11.4. The largest absolute Gasteiger partial charge is 0.378 e. The molecular formula is C16H18N2O2. The maximum atomic E-state index is 12.3. The van der Waals surface area contributed by atoms with E-state index in [1.165, 1.54) is 0 Å². The van der Waals surface area contributed by atoms with Crippen LogP contribution < -0.4 is 10.6 Å². The lowest BCUT2D eigenvalue weighted by Gasteiger charge is -2.18. The van der Waals surface area contributed by atoms with E-state index in [0.29, 0.717) is 5.56 Å². The molecule has 1 heterocycles. The maximum absolute atomic E-state index is 12.3. The molecule has 0 saturated carbocycles. The summed E-state index contributed by atoms with van der Waals surface area (Å²) in [5.41, 5.74) is 0.686. The highest BCUT2D eigenvalue weighted by molar-refractivity contribution is 5.98. The predicted molar refractivity (Wildman–Crippen MR) is 78.9 cm³/mol. The summed E-state index contributed by atoms with van der Waals surface area (Å²) < 4.78 is 5.35. The molecule has 20 heavy (non-hydrogen) atoms. The summed E-state index contributed by atoms with van der Waals surface area (Å²) in [7, 11) is 1.67. The van der Waals surface area contributed by atoms with Crippen LogP contribution in [0.4, 0.5) is 0 Å². The van der Waals surface area contributed by atoms with Crippen molar-refractivity contribution in [2.75, 3.05) is 20.2 Å². The van der Waals surface area contributed by atoms with Gasteiger partial charge >= 0.3 is 0 Å². The Kier molecular flexibility index (Phi) is 3.67. The third-order valence-electron chi connectivity index (χ3n) is 3.79. The molecule has 0 radical (unpaired) electrons. The number of rotatable bonds is 3. The number of hydrogen-bond acceptors (Lipinski definition) is 3. The lowest BCUT2D eigenvalue weighted by Crippen LogP contribution is -2.43. The predicted octanol–water partition coefficient (Wildman–Crippen LogP) is 1.56. The van der Waals surface area contributed by atoms with E-state index in [1.807, 2.05) is 42.5 Å². The Balaban J connectivity index is 1.78. The molecule has 1 aliphatic rings. The van der Waals surface area contributed by atoms with Gasteiger partial charge in [-0.2, -0.15) is 0 Å². The molecule has 4 nitrogen and oxygen atoms in total. The summed E-state index contributed by atoms with van der Waals surface area (Å²) in [6, 6.07) is 13.8. The Morgan fingerprint density at radius 2 is 2.00 bits per heavy atom. The van der Waals surface area contributed by atoms with Gasteiger partial charge in [-0.1, -0.05) is 30.3 Å². The quantitative estimate of drug-likeness (QED) is 0.890. The van der Waals surface area contributed by atoms with Crippen LogP contribution in [0.3, 0.4) is 0 Å². The number of hydrogen-bond donors (Lipinski definition) is 2. The molecule has 104 valence electrons. The standard InChI is InChI=1S/C16H18N2O2/c1-20-15-10-17-9-14(15)18-16(19)13-7-6-11-4-2-3-5-12(11)8-13/h2-8,14-15,17H,9-10H2,1H3,(H,18,19)/t14?,15-/m0/s1. The van der Waals surface area contributed by atoms with Gasteiger partial charge < -0.3 is 15.4 Å². The second kappa shape index (κ2) is 5.61. The van der Waals surface area contributed by atoms with E-state index >= 15 is 0 Å². The van der Waals surface area contributed by atoms with Crippen LogP contribution in [0.2, 0.25) is 0 Å². The highest BCUT2D eigenvalue weighted by atomic mass is 16.5. The van der Waals surface area contributed by atoms with E-state index in [2.05, 4.69) is 10.6 Å². The van der Waals surface area contributed by atoms with Crippen molar-refractivity contribution in [3.05, 3.63) is 48.0 Å². The summed E-state index contributed by atoms with van der Waals surface area (Å²) >= 11 is 0. The number of methoxy groups -OCH3 is 1. The van der Waals surface area contributed by atoms with Crippen LogP contribution in [0.5, 0.6) is 0 Å². The Morgan fingerprint density at radius 1 is 1.20 bits per heavy atom. The Bertz CT molecular complexity index is 627. The minimum Gasteiger partial charge on any atom is -0.378 e. The van der Waals surface area contributed by atoms with Gasteiger partial charge in [0.1, 0.15) is 0 Å². The molecule has 2 atom stereocenters. The van der Waals surface area contributed by atoms with Gasteiger partial charge in [-0.15, -0.1) is 0 Å². The molecule has 1 amide bonds. The van der Waals surface area contributed by atoms with Crippen molar-refractivity contribution in [2.45, 2.75) is 12.1 Å². The lowest BCUT2D eigenvalue weighted by atomic mass is 10.1. The number of benzene rings is 2. The van der Waals surface area contributed by atoms with E-state index < -0.39 is 0 Å². The molecule has 3 rings (SSSR count). The molecule has 0 aliphatic carbocycles. The Morgan fingerprint density at radius 3 is 2.80 bits per heavy atom. The van der Waals surface area contributed by atoms with Crippen LogP contribution >= 0.6 is 0 Å². The van der Waals surface area contributed by atoms with Crippen molar-refractivity contribution in [2.24, 2.45) is 0 Å². The Labute approximate surface area is 118 Å². The van der Waals surface area contributed by atoms with Crippen LogP contribution in [0.15, 0.2) is 42.5 Å². The number of fused-ring (bicyclic) bond motifs is 1. The van der Waals surface area contributed by atoms with Gasteiger partial charge in [0.05, 0.1) is 12.1 Å². The number of carbonyl (C=O) groups excluding carboxylic acids is 1. The summed E-state index contributed by atoms with van der Waals surface area (Å²) in [4.78, 5) is 12.3. The molecule has 2 N–H and O–H groups in total. The fraction of sp³-hybridized carbons (Fsp3) is 0.312. The summed E-state index contributed by atoms with van der Waals surface area (Å²) in [5.74, 6) is -0.0495. The molecule has 4 heteroatoms. The van der Waals surface area contributed by atoms with Crippen molar-refractivity contribution in [3.63, 3.8) is 0 Å². The third-order valence-corrected chi connectivity index (χ3v) is 3.79. The average Bonchev–Trinajstić information content (AvgIpc) is 2.94. The van der Waals surface area contributed by atoms with Gasteiger partial charge in [0.2, 0.25) is 0 Å². The zero-order chi connectivity index (χ0) is 13.9. The van der Waals surface area contributed by atoms with E-state index in [1.54, 1.807) is 7.11 Å². The third kappa shape index (κ3) is 2.53. The number of carbonyl (C=O) groups is 1. The van der Waals surface area contributed by atoms with E-state index in [-0.39, 0.29) is 18.1 Å². The zero-order valence-corrected chi connectivity index (χ0v) is 11.4. The van der Waals surface area contributed by atoms with Crippen LogP contribution in [0.1, 0.15) is 10.4 Å². The molecule has 1 aliphatic heterocycles. The minimum atomic E-state index is -0.0495. The monoisotopic (exact) mass is 270 g/mol. The van der Waals surface area contributed by atoms with Crippen molar-refractivity contribution in [1.82, 2.24) is 10.6 Å². The first-order chi connectivity index (χ1) is 9.78. The van der Waals surface area contributed by atoms with Gasteiger partial charge in [0, 0.05) is 25.8 Å². The summed E-state index contributed by atoms with van der Waals surface area (Å²) in [5, 5.41) is 8.47. The molecule has 1 fully saturated rings. The fourth-order valence-electron chi connectivity index (χ4n) is 2.63. The SMILES string of the molecule is CO[C@H]1CNCC1NC(=O)c1ccc2ccccc2c1. The summed E-state index contributed by atoms with van der Waals surface area (Å²) in [6.45, 7) is 1.52. The summed E-state index contributed by atoms with van der Waals surface area (Å²) in [6.07, 6.45) is 0.0411. The minimum absolute atomic E-state index is 0.0268. The highest BCUT2D eigenvalue weighted by Gasteiger charge is 2.28. The normalized spacial score (nSPS) is 22.1. The average molecular weight is 270 g/mol. The number of ether oxygens (including phenoxy) is 1. The first-order valence-electron chi connectivity index (χ1n) is 6.81. The second-order valence-electron chi connectivity index (χ2n) is 5.07. The molecule has 0 aromatic heterocycles. The van der Waals surface area contributed by atoms with Gasteiger partial charge in [-0.25, -0.2) is 0 Å².